The first-order chi connectivity index (χ1) is 34.8. The summed E-state index contributed by atoms with van der Waals surface area (Å²) in [6.07, 6.45) is 0. The van der Waals surface area contributed by atoms with Gasteiger partial charge in [-0.25, -0.2) is 0 Å². The highest BCUT2D eigenvalue weighted by atomic mass is 16.3. The Balaban J connectivity index is 1.29. The third-order valence-corrected chi connectivity index (χ3v) is 16.1. The van der Waals surface area contributed by atoms with E-state index in [1.54, 1.807) is 0 Å². The number of benzene rings is 8. The largest absolute Gasteiger partial charge is 0.465 e. The van der Waals surface area contributed by atoms with Crippen LogP contribution in [-0.2, 0) is 21.7 Å². The lowest BCUT2D eigenvalue weighted by Crippen LogP contribution is -2.56. The molecule has 11 aromatic rings. The molecular weight excluding hydrogens is 886 g/mol. The topological polar surface area (TPSA) is 26.2 Å². The van der Waals surface area contributed by atoms with Crippen molar-refractivity contribution in [1.82, 2.24) is 9.05 Å². The molecule has 2 aliphatic rings. The minimum atomic E-state index is -0.294. The van der Waals surface area contributed by atoms with Crippen molar-refractivity contribution in [3.8, 4) is 39.3 Å². The summed E-state index contributed by atoms with van der Waals surface area (Å²) in [5.74, 6) is 0.878. The van der Waals surface area contributed by atoms with Gasteiger partial charge < -0.3 is 18.4 Å². The third kappa shape index (κ3) is 6.80. The van der Waals surface area contributed by atoms with Crippen LogP contribution in [0.5, 0.6) is 0 Å². The Morgan fingerprint density at radius 1 is 0.425 bits per heavy atom. The van der Waals surface area contributed by atoms with E-state index >= 15 is 0 Å². The maximum absolute atomic E-state index is 7.80. The van der Waals surface area contributed by atoms with Crippen molar-refractivity contribution in [2.24, 2.45) is 0 Å². The van der Waals surface area contributed by atoms with Gasteiger partial charge >= 0.3 is 6.85 Å². The number of anilines is 3. The summed E-state index contributed by atoms with van der Waals surface area (Å²) < 4.78 is 13.0. The zero-order chi connectivity index (χ0) is 50.7. The molecule has 0 saturated carbocycles. The van der Waals surface area contributed by atoms with E-state index in [4.69, 9.17) is 4.42 Å². The van der Waals surface area contributed by atoms with Crippen molar-refractivity contribution in [3.63, 3.8) is 0 Å². The molecule has 73 heavy (non-hydrogen) atoms. The minimum Gasteiger partial charge on any atom is -0.465 e. The molecule has 0 amide bonds. The Hall–Kier alpha value is -7.50. The lowest BCUT2D eigenvalue weighted by molar-refractivity contribution is 0.590. The van der Waals surface area contributed by atoms with Gasteiger partial charge in [0, 0.05) is 60.8 Å². The molecule has 0 saturated heterocycles. The number of para-hydroxylation sites is 1. The maximum atomic E-state index is 7.80. The van der Waals surface area contributed by atoms with Gasteiger partial charge in [0.15, 0.2) is 0 Å². The van der Waals surface area contributed by atoms with Gasteiger partial charge in [0.25, 0.3) is 0 Å². The van der Waals surface area contributed by atoms with E-state index in [1.807, 2.05) is 0 Å². The molecule has 2 aliphatic heterocycles. The molecule has 3 aromatic heterocycles. The van der Waals surface area contributed by atoms with Gasteiger partial charge in [-0.1, -0.05) is 192 Å². The SMILES string of the molecule is CC(C)(C)c1ccc(N2c3cc(C(C)(C)C)cc4c3B(c3oc(-c5ccccc5)c(-c5ccccc5)c32)n2c3ccc(C(C)(C)C)cc3c3cc5c(c-4c32)c2cc(C(C)(C)C)ccc2n5-c2ccccc2)cc1. The number of hydrogen-bond acceptors (Lipinski definition) is 2. The highest BCUT2D eigenvalue weighted by Gasteiger charge is 2.49. The molecule has 360 valence electrons. The Kier molecular flexibility index (Phi) is 9.64. The highest BCUT2D eigenvalue weighted by Crippen LogP contribution is 2.54. The van der Waals surface area contributed by atoms with Gasteiger partial charge in [0.2, 0.25) is 0 Å². The predicted octanol–water partition coefficient (Wildman–Crippen LogP) is 17.4. The molecule has 0 bridgehead atoms. The fourth-order valence-electron chi connectivity index (χ4n) is 12.2. The highest BCUT2D eigenvalue weighted by molar-refractivity contribution is 6.89. The number of hydrogen-bond donors (Lipinski definition) is 0. The summed E-state index contributed by atoms with van der Waals surface area (Å²) in [7, 11) is 0. The molecule has 0 spiro atoms. The van der Waals surface area contributed by atoms with E-state index in [9.17, 15) is 0 Å². The zero-order valence-electron chi connectivity index (χ0n) is 44.5. The lowest BCUT2D eigenvalue weighted by atomic mass is 9.47. The number of furan rings is 1. The standard InChI is InChI=1S/C68H64BN3O/c1-65(2,3)43-28-32-48(33-29-43)71-56-39-46(68(10,11)12)38-52-59-58-51-37-45(67(7,8)9)30-34-53(51)70(47-26-20-15-21-27-47)55(58)40-50-49-36-44(66(4,5)6)31-35-54(49)72(61(50)59)69(60(52)56)64-62(71)57(41-22-16-13-17-23-41)63(73-64)42-24-18-14-19-25-42/h13-40H,1-12H3. The van der Waals surface area contributed by atoms with Gasteiger partial charge in [-0.05, 0) is 121 Å². The summed E-state index contributed by atoms with van der Waals surface area (Å²) in [5, 5.41) is 5.07. The predicted molar refractivity (Wildman–Crippen MR) is 312 cm³/mol. The number of rotatable bonds is 4. The van der Waals surface area contributed by atoms with Gasteiger partial charge in [0.1, 0.15) is 11.4 Å². The van der Waals surface area contributed by atoms with E-state index in [1.165, 1.54) is 88.1 Å². The van der Waals surface area contributed by atoms with Crippen LogP contribution in [0.25, 0.3) is 82.9 Å². The van der Waals surface area contributed by atoms with E-state index in [0.29, 0.717) is 0 Å². The zero-order valence-corrected chi connectivity index (χ0v) is 44.5. The van der Waals surface area contributed by atoms with Crippen molar-refractivity contribution < 1.29 is 4.42 Å². The van der Waals surface area contributed by atoms with E-state index < -0.39 is 0 Å². The van der Waals surface area contributed by atoms with Crippen molar-refractivity contribution in [1.29, 1.82) is 0 Å². The monoisotopic (exact) mass is 950 g/mol. The molecule has 5 heterocycles. The Labute approximate surface area is 431 Å². The van der Waals surface area contributed by atoms with Crippen LogP contribution < -0.4 is 16.0 Å². The molecule has 4 nitrogen and oxygen atoms in total. The van der Waals surface area contributed by atoms with Crippen LogP contribution in [0, 0.1) is 0 Å². The van der Waals surface area contributed by atoms with Gasteiger partial charge in [-0.2, -0.15) is 0 Å². The summed E-state index contributed by atoms with van der Waals surface area (Å²) in [6.45, 7) is 27.7. The quantitative estimate of drug-likeness (QED) is 0.164. The summed E-state index contributed by atoms with van der Waals surface area (Å²) in [6, 6.07) is 64.2. The van der Waals surface area contributed by atoms with Crippen molar-refractivity contribution in [2.75, 3.05) is 4.90 Å². The first kappa shape index (κ1) is 45.4. The van der Waals surface area contributed by atoms with E-state index in [2.05, 4.69) is 267 Å². The lowest BCUT2D eigenvalue weighted by Gasteiger charge is -2.40. The molecule has 0 N–H and O–H groups in total. The second-order valence-corrected chi connectivity index (χ2v) is 25.0. The summed E-state index contributed by atoms with van der Waals surface area (Å²) in [4.78, 5) is 2.57. The molecule has 5 heteroatoms. The second-order valence-electron chi connectivity index (χ2n) is 25.0. The van der Waals surface area contributed by atoms with Crippen LogP contribution in [-0.4, -0.2) is 15.9 Å². The van der Waals surface area contributed by atoms with Crippen LogP contribution in [0.1, 0.15) is 105 Å². The van der Waals surface area contributed by atoms with Crippen LogP contribution in [0.2, 0.25) is 0 Å². The Bertz CT molecular complexity index is 4030. The fourth-order valence-corrected chi connectivity index (χ4v) is 12.2. The van der Waals surface area contributed by atoms with E-state index in [-0.39, 0.29) is 28.5 Å². The molecule has 13 rings (SSSR count). The average Bonchev–Trinajstić information content (AvgIpc) is 4.03. The Morgan fingerprint density at radius 2 is 0.973 bits per heavy atom. The van der Waals surface area contributed by atoms with Crippen molar-refractivity contribution in [3.05, 3.63) is 192 Å². The molecule has 8 aromatic carbocycles. The number of aromatic nitrogens is 2. The van der Waals surface area contributed by atoms with Crippen LogP contribution >= 0.6 is 0 Å². The van der Waals surface area contributed by atoms with E-state index in [0.717, 1.165) is 45.2 Å². The number of nitrogens with zero attached hydrogens (tertiary/aromatic N) is 3. The molecule has 0 aliphatic carbocycles. The fraction of sp³-hybridized carbons (Fsp3) is 0.235. The van der Waals surface area contributed by atoms with Crippen LogP contribution in [0.3, 0.4) is 0 Å². The van der Waals surface area contributed by atoms with Crippen molar-refractivity contribution in [2.45, 2.75) is 105 Å². The average molecular weight is 950 g/mol. The molecule has 0 unspecified atom stereocenters. The van der Waals surface area contributed by atoms with Gasteiger partial charge in [0.05, 0.1) is 22.3 Å². The summed E-state index contributed by atoms with van der Waals surface area (Å²) in [5.41, 5.74) is 22.4. The second kappa shape index (κ2) is 15.5. The molecule has 0 radical (unpaired) electrons. The third-order valence-electron chi connectivity index (χ3n) is 16.1. The normalized spacial score (nSPS) is 13.7. The smallest absolute Gasteiger partial charge is 0.375 e. The van der Waals surface area contributed by atoms with Gasteiger partial charge in [-0.3, -0.25) is 0 Å². The molecular formula is C68H64BN3O. The number of fused-ring (bicyclic) bond motifs is 11. The van der Waals surface area contributed by atoms with Gasteiger partial charge in [-0.15, -0.1) is 0 Å². The van der Waals surface area contributed by atoms with Crippen LogP contribution in [0.15, 0.2) is 174 Å². The molecule has 0 atom stereocenters. The van der Waals surface area contributed by atoms with Crippen molar-refractivity contribution >= 4 is 78.6 Å². The van der Waals surface area contributed by atoms with Crippen LogP contribution in [0.4, 0.5) is 17.1 Å². The first-order valence-electron chi connectivity index (χ1n) is 26.3. The Morgan fingerprint density at radius 3 is 1.58 bits per heavy atom. The minimum absolute atomic E-state index is 0.0120. The maximum Gasteiger partial charge on any atom is 0.375 e. The molecule has 0 fully saturated rings. The summed E-state index contributed by atoms with van der Waals surface area (Å²) >= 11 is 0. The first-order valence-corrected chi connectivity index (χ1v) is 26.3.